The summed E-state index contributed by atoms with van der Waals surface area (Å²) in [5.74, 6) is 0.0697. The first-order valence-corrected chi connectivity index (χ1v) is 10.4. The lowest BCUT2D eigenvalue weighted by Gasteiger charge is -2.28. The molecule has 2 aromatic carbocycles. The first kappa shape index (κ1) is 21.0. The summed E-state index contributed by atoms with van der Waals surface area (Å²) in [5.41, 5.74) is 9.51. The molecule has 0 atom stereocenters. The van der Waals surface area contributed by atoms with Gasteiger partial charge in [-0.1, -0.05) is 23.7 Å². The van der Waals surface area contributed by atoms with E-state index in [1.807, 2.05) is 36.4 Å². The summed E-state index contributed by atoms with van der Waals surface area (Å²) in [6.07, 6.45) is 1.48. The van der Waals surface area contributed by atoms with Gasteiger partial charge in [-0.2, -0.15) is 0 Å². The van der Waals surface area contributed by atoms with E-state index >= 15 is 0 Å². The predicted molar refractivity (Wildman–Crippen MR) is 124 cm³/mol. The van der Waals surface area contributed by atoms with E-state index in [0.717, 1.165) is 43.2 Å². The highest BCUT2D eigenvalue weighted by molar-refractivity contribution is 6.30. The van der Waals surface area contributed by atoms with Gasteiger partial charge < -0.3 is 26.0 Å². The largest absolute Gasteiger partial charge is 0.380 e. The summed E-state index contributed by atoms with van der Waals surface area (Å²) in [4.78, 5) is 18.5. The number of nitrogens with two attached hydrogens (primary N) is 1. The number of halogens is 1. The molecule has 0 aliphatic carbocycles. The minimum Gasteiger partial charge on any atom is -0.380 e. The van der Waals surface area contributed by atoms with Crippen LogP contribution in [0.5, 0.6) is 0 Å². The number of carbonyl (C=O) groups excluding carboxylic acids is 1. The number of ether oxygens (including phenoxy) is 1. The molecule has 7 nitrogen and oxygen atoms in total. The smallest absolute Gasteiger partial charge is 0.252 e. The number of carbonyl (C=O) groups is 1. The summed E-state index contributed by atoms with van der Waals surface area (Å²) < 4.78 is 5.41. The number of rotatable bonds is 7. The maximum absolute atomic E-state index is 11.8. The summed E-state index contributed by atoms with van der Waals surface area (Å²) in [7, 11) is 0. The maximum Gasteiger partial charge on any atom is 0.252 e. The lowest BCUT2D eigenvalue weighted by atomic mass is 10.2. The Hall–Kier alpha value is -3.29. The van der Waals surface area contributed by atoms with Gasteiger partial charge in [-0.05, 0) is 42.0 Å². The monoisotopic (exact) mass is 437 g/mol. The number of aromatic nitrogens is 1. The molecule has 1 aliphatic heterocycles. The van der Waals surface area contributed by atoms with Crippen molar-refractivity contribution in [2.75, 3.05) is 41.8 Å². The summed E-state index contributed by atoms with van der Waals surface area (Å²) in [6, 6.07) is 17.5. The summed E-state index contributed by atoms with van der Waals surface area (Å²) in [6.45, 7) is 3.79. The molecule has 31 heavy (non-hydrogen) atoms. The van der Waals surface area contributed by atoms with Crippen molar-refractivity contribution in [2.45, 2.75) is 6.54 Å². The average molecular weight is 438 g/mol. The molecule has 1 fully saturated rings. The maximum atomic E-state index is 11.8. The quantitative estimate of drug-likeness (QED) is 0.517. The number of hydrogen-bond donors (Lipinski definition) is 3. The van der Waals surface area contributed by atoms with Gasteiger partial charge in [0, 0.05) is 48.3 Å². The average Bonchev–Trinajstić information content (AvgIpc) is 2.79. The van der Waals surface area contributed by atoms with Crippen LogP contribution in [-0.2, 0) is 11.3 Å². The van der Waals surface area contributed by atoms with Crippen LogP contribution < -0.4 is 21.3 Å². The highest BCUT2D eigenvalue weighted by Crippen LogP contribution is 2.24. The Labute approximate surface area is 186 Å². The molecule has 160 valence electrons. The van der Waals surface area contributed by atoms with Crippen LogP contribution in [0, 0.1) is 0 Å². The number of nitrogens with one attached hydrogen (secondary N) is 2. The van der Waals surface area contributed by atoms with Crippen LogP contribution in [0.2, 0.25) is 5.02 Å². The van der Waals surface area contributed by atoms with Crippen LogP contribution in [0.1, 0.15) is 15.9 Å². The molecule has 4 N–H and O–H groups in total. The van der Waals surface area contributed by atoms with Crippen LogP contribution in [0.15, 0.2) is 60.8 Å². The normalized spacial score (nSPS) is 13.6. The van der Waals surface area contributed by atoms with Gasteiger partial charge >= 0.3 is 0 Å². The zero-order chi connectivity index (χ0) is 21.6. The van der Waals surface area contributed by atoms with E-state index in [4.69, 9.17) is 22.1 Å². The zero-order valence-electron chi connectivity index (χ0n) is 17.0. The number of hydrogen-bond acceptors (Lipinski definition) is 6. The lowest BCUT2D eigenvalue weighted by Crippen LogP contribution is -2.36. The molecule has 3 aromatic rings. The Morgan fingerprint density at radius 3 is 2.61 bits per heavy atom. The highest BCUT2D eigenvalue weighted by Gasteiger charge is 2.12. The Morgan fingerprint density at radius 2 is 1.90 bits per heavy atom. The van der Waals surface area contributed by atoms with Gasteiger partial charge in [-0.25, -0.2) is 4.98 Å². The van der Waals surface area contributed by atoms with Crippen LogP contribution in [0.3, 0.4) is 0 Å². The van der Waals surface area contributed by atoms with Crippen molar-refractivity contribution in [3.8, 4) is 0 Å². The van der Waals surface area contributed by atoms with E-state index in [1.165, 1.54) is 6.20 Å². The Bertz CT molecular complexity index is 1050. The van der Waals surface area contributed by atoms with Crippen LogP contribution in [0.4, 0.5) is 22.9 Å². The fourth-order valence-electron chi connectivity index (χ4n) is 3.44. The molecule has 1 aromatic heterocycles. The third kappa shape index (κ3) is 5.45. The fourth-order valence-corrected chi connectivity index (χ4v) is 3.65. The van der Waals surface area contributed by atoms with Crippen LogP contribution in [0.25, 0.3) is 0 Å². The molecule has 1 saturated heterocycles. The van der Waals surface area contributed by atoms with Gasteiger partial charge in [0.1, 0.15) is 5.82 Å². The zero-order valence-corrected chi connectivity index (χ0v) is 17.7. The van der Waals surface area contributed by atoms with Gasteiger partial charge in [0.2, 0.25) is 0 Å². The van der Waals surface area contributed by atoms with E-state index in [0.29, 0.717) is 28.6 Å². The number of pyridine rings is 1. The standard InChI is InChI=1S/C23H24ClN5O2/c24-17-3-1-2-16(12-17)14-26-21-13-22(27-15-20(21)23(25)30)28-18-4-6-19(7-5-18)29-8-10-31-11-9-29/h1-7,12-13,15H,8-11,14H2,(H2,25,30)(H2,26,27,28). The first-order chi connectivity index (χ1) is 15.1. The molecule has 8 heteroatoms. The van der Waals surface area contributed by atoms with Crippen molar-refractivity contribution < 1.29 is 9.53 Å². The van der Waals surface area contributed by atoms with Crippen molar-refractivity contribution in [3.63, 3.8) is 0 Å². The number of morpholine rings is 1. The molecule has 0 unspecified atom stereocenters. The number of primary amides is 1. The number of benzene rings is 2. The second-order valence-electron chi connectivity index (χ2n) is 7.23. The van der Waals surface area contributed by atoms with Crippen LogP contribution >= 0.6 is 11.6 Å². The molecule has 0 radical (unpaired) electrons. The van der Waals surface area contributed by atoms with E-state index in [2.05, 4.69) is 32.7 Å². The Morgan fingerprint density at radius 1 is 1.13 bits per heavy atom. The molecule has 0 bridgehead atoms. The predicted octanol–water partition coefficient (Wildman–Crippen LogP) is 4.03. The molecule has 0 saturated carbocycles. The number of amides is 1. The van der Waals surface area contributed by atoms with Crippen LogP contribution in [-0.4, -0.2) is 37.2 Å². The summed E-state index contributed by atoms with van der Waals surface area (Å²) >= 11 is 6.05. The topological polar surface area (TPSA) is 92.5 Å². The van der Waals surface area contributed by atoms with Gasteiger partial charge in [0.05, 0.1) is 24.5 Å². The fraction of sp³-hybridized carbons (Fsp3) is 0.217. The highest BCUT2D eigenvalue weighted by atomic mass is 35.5. The summed E-state index contributed by atoms with van der Waals surface area (Å²) in [5, 5.41) is 7.20. The lowest BCUT2D eigenvalue weighted by molar-refractivity contribution is 0.100. The molecule has 0 spiro atoms. The van der Waals surface area contributed by atoms with E-state index in [-0.39, 0.29) is 0 Å². The van der Waals surface area contributed by atoms with Gasteiger partial charge in [-0.15, -0.1) is 0 Å². The van der Waals surface area contributed by atoms with E-state index < -0.39 is 5.91 Å². The molecule has 1 amide bonds. The molecule has 1 aliphatic rings. The van der Waals surface area contributed by atoms with Crippen molar-refractivity contribution in [2.24, 2.45) is 5.73 Å². The van der Waals surface area contributed by atoms with Crippen molar-refractivity contribution in [1.29, 1.82) is 0 Å². The van der Waals surface area contributed by atoms with Crippen molar-refractivity contribution in [1.82, 2.24) is 4.98 Å². The minimum absolute atomic E-state index is 0.329. The SMILES string of the molecule is NC(=O)c1cnc(Nc2ccc(N3CCOCC3)cc2)cc1NCc1cccc(Cl)c1. The Kier molecular flexibility index (Phi) is 6.54. The molecular formula is C23H24ClN5O2. The molecular weight excluding hydrogens is 414 g/mol. The van der Waals surface area contributed by atoms with E-state index in [9.17, 15) is 4.79 Å². The van der Waals surface area contributed by atoms with Gasteiger partial charge in [0.25, 0.3) is 5.91 Å². The molecule has 4 rings (SSSR count). The van der Waals surface area contributed by atoms with Crippen molar-refractivity contribution in [3.05, 3.63) is 76.9 Å². The Balaban J connectivity index is 1.48. The third-order valence-corrected chi connectivity index (χ3v) is 5.29. The number of nitrogens with zero attached hydrogens (tertiary/aromatic N) is 2. The van der Waals surface area contributed by atoms with Crippen molar-refractivity contribution >= 4 is 40.4 Å². The first-order valence-electron chi connectivity index (χ1n) is 10.1. The molecule has 2 heterocycles. The van der Waals surface area contributed by atoms with E-state index in [1.54, 1.807) is 6.07 Å². The number of anilines is 4. The second-order valence-corrected chi connectivity index (χ2v) is 7.67. The van der Waals surface area contributed by atoms with Gasteiger partial charge in [0.15, 0.2) is 0 Å². The minimum atomic E-state index is -0.539. The second kappa shape index (κ2) is 9.68. The van der Waals surface area contributed by atoms with Gasteiger partial charge in [-0.3, -0.25) is 4.79 Å². The third-order valence-electron chi connectivity index (χ3n) is 5.06.